The second kappa shape index (κ2) is 8.71. The van der Waals surface area contributed by atoms with Gasteiger partial charge in [-0.2, -0.15) is 0 Å². The van der Waals surface area contributed by atoms with Crippen molar-refractivity contribution >= 4 is 22.6 Å². The molecule has 0 aliphatic carbocycles. The SMILES string of the molecule is CN(C)CC=CC(=O)Nc1cccc(-c2cnc3[nH]cc(-c4ccncc4)c3c2)c1. The molecule has 30 heavy (non-hydrogen) atoms. The summed E-state index contributed by atoms with van der Waals surface area (Å²) in [5, 5.41) is 3.96. The monoisotopic (exact) mass is 397 g/mol. The molecule has 0 saturated heterocycles. The van der Waals surface area contributed by atoms with Crippen molar-refractivity contribution in [1.82, 2.24) is 19.9 Å². The van der Waals surface area contributed by atoms with E-state index in [9.17, 15) is 4.79 Å². The number of carbonyl (C=O) groups excluding carboxylic acids is 1. The molecular formula is C24H23N5O. The van der Waals surface area contributed by atoms with Crippen LogP contribution in [0.5, 0.6) is 0 Å². The lowest BCUT2D eigenvalue weighted by Crippen LogP contribution is -2.12. The van der Waals surface area contributed by atoms with Crippen molar-refractivity contribution in [3.63, 3.8) is 0 Å². The minimum Gasteiger partial charge on any atom is -0.346 e. The normalized spacial score (nSPS) is 11.4. The molecule has 150 valence electrons. The fourth-order valence-corrected chi connectivity index (χ4v) is 3.26. The van der Waals surface area contributed by atoms with Crippen molar-refractivity contribution in [3.8, 4) is 22.3 Å². The molecule has 0 aliphatic heterocycles. The van der Waals surface area contributed by atoms with Crippen molar-refractivity contribution in [1.29, 1.82) is 0 Å². The Morgan fingerprint density at radius 2 is 1.93 bits per heavy atom. The van der Waals surface area contributed by atoms with Gasteiger partial charge >= 0.3 is 0 Å². The highest BCUT2D eigenvalue weighted by molar-refractivity contribution is 6.00. The highest BCUT2D eigenvalue weighted by atomic mass is 16.1. The molecule has 0 fully saturated rings. The van der Waals surface area contributed by atoms with Gasteiger partial charge in [0.2, 0.25) is 5.91 Å². The van der Waals surface area contributed by atoms with Crippen LogP contribution in [0.15, 0.2) is 79.4 Å². The number of rotatable bonds is 6. The number of aromatic amines is 1. The molecule has 0 saturated carbocycles. The van der Waals surface area contributed by atoms with Crippen LogP contribution < -0.4 is 5.32 Å². The molecule has 3 heterocycles. The summed E-state index contributed by atoms with van der Waals surface area (Å²) in [7, 11) is 3.92. The summed E-state index contributed by atoms with van der Waals surface area (Å²) in [6.07, 6.45) is 10.8. The number of H-pyrrole nitrogens is 1. The van der Waals surface area contributed by atoms with Gasteiger partial charge in [-0.05, 0) is 55.6 Å². The van der Waals surface area contributed by atoms with Crippen molar-refractivity contribution in [2.45, 2.75) is 0 Å². The van der Waals surface area contributed by atoms with E-state index in [4.69, 9.17) is 0 Å². The third kappa shape index (κ3) is 4.45. The lowest BCUT2D eigenvalue weighted by Gasteiger charge is -2.07. The van der Waals surface area contributed by atoms with Gasteiger partial charge in [-0.1, -0.05) is 18.2 Å². The molecule has 6 heteroatoms. The van der Waals surface area contributed by atoms with Crippen LogP contribution in [0.1, 0.15) is 0 Å². The average Bonchev–Trinajstić information content (AvgIpc) is 3.17. The number of pyridine rings is 2. The van der Waals surface area contributed by atoms with Crippen LogP contribution in [0.2, 0.25) is 0 Å². The summed E-state index contributed by atoms with van der Waals surface area (Å²) in [5.74, 6) is -0.145. The van der Waals surface area contributed by atoms with Crippen LogP contribution in [0, 0.1) is 0 Å². The summed E-state index contributed by atoms with van der Waals surface area (Å²) in [6, 6.07) is 13.9. The summed E-state index contributed by atoms with van der Waals surface area (Å²) in [5.41, 5.74) is 5.72. The van der Waals surface area contributed by atoms with Crippen LogP contribution in [0.25, 0.3) is 33.3 Å². The first-order chi connectivity index (χ1) is 14.6. The van der Waals surface area contributed by atoms with Gasteiger partial charge in [-0.15, -0.1) is 0 Å². The van der Waals surface area contributed by atoms with E-state index in [2.05, 4.69) is 26.3 Å². The summed E-state index contributed by atoms with van der Waals surface area (Å²) in [4.78, 5) is 26.0. The molecule has 1 amide bonds. The van der Waals surface area contributed by atoms with Gasteiger partial charge in [0.1, 0.15) is 5.65 Å². The van der Waals surface area contributed by atoms with Gasteiger partial charge in [0.25, 0.3) is 0 Å². The van der Waals surface area contributed by atoms with E-state index in [1.54, 1.807) is 18.5 Å². The first kappa shape index (κ1) is 19.5. The van der Waals surface area contributed by atoms with Crippen molar-refractivity contribution in [3.05, 3.63) is 79.4 Å². The van der Waals surface area contributed by atoms with Gasteiger partial charge in [0.15, 0.2) is 0 Å². The van der Waals surface area contributed by atoms with E-state index in [-0.39, 0.29) is 5.91 Å². The number of nitrogens with one attached hydrogen (secondary N) is 2. The Balaban J connectivity index is 1.61. The quantitative estimate of drug-likeness (QED) is 0.475. The smallest absolute Gasteiger partial charge is 0.248 e. The van der Waals surface area contributed by atoms with E-state index in [1.807, 2.05) is 73.9 Å². The third-order valence-electron chi connectivity index (χ3n) is 4.73. The fourth-order valence-electron chi connectivity index (χ4n) is 3.26. The number of hydrogen-bond donors (Lipinski definition) is 2. The second-order valence-electron chi connectivity index (χ2n) is 7.29. The molecule has 0 aliphatic rings. The number of amides is 1. The van der Waals surface area contributed by atoms with Crippen LogP contribution in [0.4, 0.5) is 5.69 Å². The first-order valence-electron chi connectivity index (χ1n) is 9.70. The Bertz CT molecular complexity index is 1190. The standard InChI is InChI=1S/C24H23N5O/c1-29(2)12-4-7-23(30)28-20-6-3-5-18(13-20)19-14-21-22(16-27-24(21)26-15-19)17-8-10-25-11-9-17/h3-11,13-16H,12H2,1-2H3,(H,26,27)(H,28,30). The lowest BCUT2D eigenvalue weighted by atomic mass is 10.0. The zero-order valence-corrected chi connectivity index (χ0v) is 17.0. The van der Waals surface area contributed by atoms with Crippen molar-refractivity contribution in [2.24, 2.45) is 0 Å². The summed E-state index contributed by atoms with van der Waals surface area (Å²) < 4.78 is 0. The Kier molecular flexibility index (Phi) is 5.68. The van der Waals surface area contributed by atoms with E-state index in [0.717, 1.165) is 45.5 Å². The number of nitrogens with zero attached hydrogens (tertiary/aromatic N) is 3. The topological polar surface area (TPSA) is 73.9 Å². The zero-order valence-electron chi connectivity index (χ0n) is 17.0. The van der Waals surface area contributed by atoms with Gasteiger partial charge < -0.3 is 15.2 Å². The van der Waals surface area contributed by atoms with E-state index in [0.29, 0.717) is 0 Å². The van der Waals surface area contributed by atoms with Crippen LogP contribution >= 0.6 is 0 Å². The molecule has 0 radical (unpaired) electrons. The van der Waals surface area contributed by atoms with Gasteiger partial charge in [0.05, 0.1) is 0 Å². The minimum absolute atomic E-state index is 0.145. The van der Waals surface area contributed by atoms with Crippen molar-refractivity contribution < 1.29 is 4.79 Å². The minimum atomic E-state index is -0.145. The molecule has 3 aromatic heterocycles. The zero-order chi connectivity index (χ0) is 20.9. The van der Waals surface area contributed by atoms with E-state index < -0.39 is 0 Å². The highest BCUT2D eigenvalue weighted by Gasteiger charge is 2.09. The van der Waals surface area contributed by atoms with E-state index in [1.165, 1.54) is 0 Å². The molecule has 2 N–H and O–H groups in total. The Morgan fingerprint density at radius 1 is 1.10 bits per heavy atom. The molecule has 0 spiro atoms. The second-order valence-corrected chi connectivity index (χ2v) is 7.29. The Labute approximate surface area is 175 Å². The largest absolute Gasteiger partial charge is 0.346 e. The first-order valence-corrected chi connectivity index (χ1v) is 9.70. The summed E-state index contributed by atoms with van der Waals surface area (Å²) in [6.45, 7) is 0.718. The predicted octanol–water partition coefficient (Wildman–Crippen LogP) is 4.35. The van der Waals surface area contributed by atoms with E-state index >= 15 is 0 Å². The number of likely N-dealkylation sites (N-methyl/N-ethyl adjacent to an activating group) is 1. The maximum absolute atomic E-state index is 12.1. The maximum atomic E-state index is 12.1. The van der Waals surface area contributed by atoms with Crippen molar-refractivity contribution in [2.75, 3.05) is 26.0 Å². The average molecular weight is 397 g/mol. The molecular weight excluding hydrogens is 374 g/mol. The van der Waals surface area contributed by atoms with Gasteiger partial charge in [0, 0.05) is 59.6 Å². The molecule has 0 bridgehead atoms. The van der Waals surface area contributed by atoms with Gasteiger partial charge in [-0.25, -0.2) is 4.98 Å². The van der Waals surface area contributed by atoms with Crippen LogP contribution in [-0.2, 0) is 4.79 Å². The molecule has 1 aromatic carbocycles. The molecule has 4 aromatic rings. The molecule has 0 unspecified atom stereocenters. The number of aromatic nitrogens is 3. The number of carbonyl (C=O) groups is 1. The number of anilines is 1. The molecule has 6 nitrogen and oxygen atoms in total. The lowest BCUT2D eigenvalue weighted by molar-refractivity contribution is -0.111. The van der Waals surface area contributed by atoms with Gasteiger partial charge in [-0.3, -0.25) is 9.78 Å². The highest BCUT2D eigenvalue weighted by Crippen LogP contribution is 2.31. The Hall–Kier alpha value is -3.77. The maximum Gasteiger partial charge on any atom is 0.248 e. The fraction of sp³-hybridized carbons (Fsp3) is 0.125. The number of benzene rings is 1. The van der Waals surface area contributed by atoms with Crippen LogP contribution in [-0.4, -0.2) is 46.4 Å². The predicted molar refractivity (Wildman–Crippen MR) is 121 cm³/mol. The van der Waals surface area contributed by atoms with Crippen LogP contribution in [0.3, 0.4) is 0 Å². The summed E-state index contributed by atoms with van der Waals surface area (Å²) >= 11 is 0. The molecule has 0 atom stereocenters. The Morgan fingerprint density at radius 3 is 2.73 bits per heavy atom. The number of hydrogen-bond acceptors (Lipinski definition) is 4. The number of fused-ring (bicyclic) bond motifs is 1. The third-order valence-corrected chi connectivity index (χ3v) is 4.73. The molecule has 4 rings (SSSR count).